The molecule has 10 heteroatoms. The Bertz CT molecular complexity index is 1090. The number of nitrogens with zero attached hydrogens (tertiary/aromatic N) is 6. The van der Waals surface area contributed by atoms with Crippen molar-refractivity contribution < 1.29 is 17.7 Å². The molecule has 2 heterocycles. The van der Waals surface area contributed by atoms with Crippen molar-refractivity contribution in [1.29, 1.82) is 0 Å². The van der Waals surface area contributed by atoms with Gasteiger partial charge in [-0.25, -0.2) is 0 Å². The van der Waals surface area contributed by atoms with Crippen molar-refractivity contribution in [1.82, 2.24) is 30.3 Å². The summed E-state index contributed by atoms with van der Waals surface area (Å²) in [7, 11) is 0. The zero-order valence-corrected chi connectivity index (χ0v) is 14.5. The van der Waals surface area contributed by atoms with Gasteiger partial charge in [-0.1, -0.05) is 47.6 Å². The lowest BCUT2D eigenvalue weighted by atomic mass is 10.1. The fourth-order valence-electron chi connectivity index (χ4n) is 2.55. The average Bonchev–Trinajstić information content (AvgIpc) is 3.38. The molecule has 0 aliphatic heterocycles. The molecular weight excluding hydrogens is 373 g/mol. The van der Waals surface area contributed by atoms with E-state index in [0.29, 0.717) is 5.82 Å². The van der Waals surface area contributed by atoms with E-state index in [1.807, 2.05) is 30.3 Å². The summed E-state index contributed by atoms with van der Waals surface area (Å²) < 4.78 is 43.9. The topological polar surface area (TPSA) is 82.5 Å². The Morgan fingerprint density at radius 3 is 2.46 bits per heavy atom. The molecule has 2 aromatic heterocycles. The quantitative estimate of drug-likeness (QED) is 0.527. The van der Waals surface area contributed by atoms with Crippen molar-refractivity contribution in [3.63, 3.8) is 0 Å². The molecule has 0 bridgehead atoms. The van der Waals surface area contributed by atoms with E-state index in [4.69, 9.17) is 4.52 Å². The lowest BCUT2D eigenvalue weighted by Gasteiger charge is -2.06. The molecule has 0 aliphatic carbocycles. The molecular formula is C18H13F3N6O. The normalized spacial score (nSPS) is 12.9. The van der Waals surface area contributed by atoms with Gasteiger partial charge in [0.25, 0.3) is 5.89 Å². The molecule has 1 unspecified atom stereocenters. The molecule has 0 aliphatic rings. The molecule has 0 saturated carbocycles. The summed E-state index contributed by atoms with van der Waals surface area (Å²) in [4.78, 5) is 5.50. The summed E-state index contributed by atoms with van der Waals surface area (Å²) in [6, 6.07) is 13.5. The van der Waals surface area contributed by atoms with Crippen LogP contribution in [0.15, 0.2) is 59.1 Å². The van der Waals surface area contributed by atoms with Gasteiger partial charge in [0.15, 0.2) is 0 Å². The minimum atomic E-state index is -4.45. The van der Waals surface area contributed by atoms with Gasteiger partial charge < -0.3 is 4.52 Å². The van der Waals surface area contributed by atoms with E-state index in [1.54, 1.807) is 6.92 Å². The zero-order chi connectivity index (χ0) is 19.7. The van der Waals surface area contributed by atoms with Gasteiger partial charge in [-0.05, 0) is 24.3 Å². The maximum Gasteiger partial charge on any atom is 0.416 e. The Morgan fingerprint density at radius 2 is 1.71 bits per heavy atom. The molecule has 28 heavy (non-hydrogen) atoms. The minimum absolute atomic E-state index is 0.0522. The molecule has 7 nitrogen and oxygen atoms in total. The van der Waals surface area contributed by atoms with Crippen LogP contribution in [0.5, 0.6) is 0 Å². The van der Waals surface area contributed by atoms with Gasteiger partial charge in [0.05, 0.1) is 5.56 Å². The molecule has 0 N–H and O–H groups in total. The number of hydrogen-bond donors (Lipinski definition) is 0. The van der Waals surface area contributed by atoms with Crippen LogP contribution in [0.3, 0.4) is 0 Å². The van der Waals surface area contributed by atoms with Crippen LogP contribution in [0, 0.1) is 0 Å². The molecule has 2 aromatic carbocycles. The van der Waals surface area contributed by atoms with E-state index in [-0.39, 0.29) is 17.3 Å². The van der Waals surface area contributed by atoms with Crippen LogP contribution in [0.1, 0.15) is 24.4 Å². The van der Waals surface area contributed by atoms with Gasteiger partial charge in [-0.3, -0.25) is 0 Å². The fourth-order valence-corrected chi connectivity index (χ4v) is 2.55. The van der Waals surface area contributed by atoms with Crippen LogP contribution in [0.2, 0.25) is 0 Å². The Morgan fingerprint density at radius 1 is 0.964 bits per heavy atom. The Labute approximate surface area is 156 Å². The second-order valence-corrected chi connectivity index (χ2v) is 6.01. The van der Waals surface area contributed by atoms with Crippen LogP contribution < -0.4 is 0 Å². The number of benzene rings is 2. The lowest BCUT2D eigenvalue weighted by molar-refractivity contribution is -0.137. The highest BCUT2D eigenvalue weighted by Crippen LogP contribution is 2.31. The molecule has 0 amide bonds. The van der Waals surface area contributed by atoms with Crippen molar-refractivity contribution >= 4 is 0 Å². The molecule has 0 spiro atoms. The first kappa shape index (κ1) is 17.8. The molecule has 0 saturated heterocycles. The van der Waals surface area contributed by atoms with Gasteiger partial charge in [0.1, 0.15) is 6.04 Å². The van der Waals surface area contributed by atoms with Crippen molar-refractivity contribution in [2.24, 2.45) is 0 Å². The number of tetrazole rings is 1. The van der Waals surface area contributed by atoms with E-state index in [0.717, 1.165) is 17.7 Å². The number of aromatic nitrogens is 6. The third-order valence-electron chi connectivity index (χ3n) is 4.05. The molecule has 142 valence electrons. The molecule has 0 fully saturated rings. The summed E-state index contributed by atoms with van der Waals surface area (Å²) >= 11 is 0. The first-order chi connectivity index (χ1) is 13.4. The predicted molar refractivity (Wildman–Crippen MR) is 91.8 cm³/mol. The predicted octanol–water partition coefficient (Wildman–Crippen LogP) is 4.02. The Kier molecular flexibility index (Phi) is 4.38. The minimum Gasteiger partial charge on any atom is -0.337 e. The average molecular weight is 386 g/mol. The van der Waals surface area contributed by atoms with E-state index < -0.39 is 17.8 Å². The van der Waals surface area contributed by atoms with Crippen LogP contribution in [-0.4, -0.2) is 30.3 Å². The highest BCUT2D eigenvalue weighted by Gasteiger charge is 2.31. The smallest absolute Gasteiger partial charge is 0.337 e. The SMILES string of the molecule is CC(c1nc(-c2cccc(C(F)(F)F)c2)no1)n1nnc(-c2ccccc2)n1. The Hall–Kier alpha value is -3.56. The first-order valence-corrected chi connectivity index (χ1v) is 8.28. The van der Waals surface area contributed by atoms with Crippen molar-refractivity contribution in [3.05, 3.63) is 66.1 Å². The number of hydrogen-bond acceptors (Lipinski definition) is 6. The second-order valence-electron chi connectivity index (χ2n) is 6.01. The van der Waals surface area contributed by atoms with Gasteiger partial charge >= 0.3 is 6.18 Å². The Balaban J connectivity index is 1.59. The maximum atomic E-state index is 12.9. The van der Waals surface area contributed by atoms with Gasteiger partial charge in [0, 0.05) is 11.1 Å². The van der Waals surface area contributed by atoms with Crippen molar-refractivity contribution in [2.45, 2.75) is 19.1 Å². The number of halogens is 3. The van der Waals surface area contributed by atoms with Crippen molar-refractivity contribution in [3.8, 4) is 22.8 Å². The van der Waals surface area contributed by atoms with E-state index >= 15 is 0 Å². The third kappa shape index (κ3) is 3.48. The monoisotopic (exact) mass is 386 g/mol. The highest BCUT2D eigenvalue weighted by atomic mass is 19.4. The largest absolute Gasteiger partial charge is 0.416 e. The third-order valence-corrected chi connectivity index (χ3v) is 4.05. The summed E-state index contributed by atoms with van der Waals surface area (Å²) in [5.41, 5.74) is 0.222. The van der Waals surface area contributed by atoms with Crippen LogP contribution >= 0.6 is 0 Å². The van der Waals surface area contributed by atoms with Gasteiger partial charge in [-0.15, -0.1) is 10.2 Å². The molecule has 4 rings (SSSR count). The standard InChI is InChI=1S/C18H13F3N6O/c1-11(27-24-16(23-26-27)12-6-3-2-4-7-12)17-22-15(25-28-17)13-8-5-9-14(10-13)18(19,20)21/h2-11H,1H3. The molecule has 0 radical (unpaired) electrons. The summed E-state index contributed by atoms with van der Waals surface area (Å²) in [5, 5.41) is 16.1. The number of alkyl halides is 3. The van der Waals surface area contributed by atoms with Gasteiger partial charge in [0.2, 0.25) is 11.6 Å². The lowest BCUT2D eigenvalue weighted by Crippen LogP contribution is -2.11. The molecule has 1 atom stereocenters. The van der Waals surface area contributed by atoms with E-state index in [2.05, 4.69) is 25.6 Å². The summed E-state index contributed by atoms with van der Waals surface area (Å²) in [5.74, 6) is 0.644. The van der Waals surface area contributed by atoms with Gasteiger partial charge in [-0.2, -0.15) is 23.0 Å². The van der Waals surface area contributed by atoms with Crippen LogP contribution in [0.4, 0.5) is 13.2 Å². The van der Waals surface area contributed by atoms with E-state index in [1.165, 1.54) is 16.9 Å². The maximum absolute atomic E-state index is 12.9. The zero-order valence-electron chi connectivity index (χ0n) is 14.5. The summed E-state index contributed by atoms with van der Waals surface area (Å²) in [6.45, 7) is 1.72. The van der Waals surface area contributed by atoms with E-state index in [9.17, 15) is 13.2 Å². The fraction of sp³-hybridized carbons (Fsp3) is 0.167. The molecule has 4 aromatic rings. The highest BCUT2D eigenvalue weighted by molar-refractivity contribution is 5.56. The van der Waals surface area contributed by atoms with Crippen LogP contribution in [0.25, 0.3) is 22.8 Å². The van der Waals surface area contributed by atoms with Crippen molar-refractivity contribution in [2.75, 3.05) is 0 Å². The number of rotatable bonds is 4. The van der Waals surface area contributed by atoms with Crippen LogP contribution in [-0.2, 0) is 6.18 Å². The summed E-state index contributed by atoms with van der Waals surface area (Å²) in [6.07, 6.45) is -4.45. The first-order valence-electron chi connectivity index (χ1n) is 8.28. The second kappa shape index (κ2) is 6.87.